The highest BCUT2D eigenvalue weighted by Gasteiger charge is 2.25. The van der Waals surface area contributed by atoms with Crippen molar-refractivity contribution in [2.75, 3.05) is 0 Å². The highest BCUT2D eigenvalue weighted by atomic mass is 14.3. The van der Waals surface area contributed by atoms with Gasteiger partial charge in [-0.1, -0.05) is 79.1 Å². The molecule has 108 valence electrons. The molecule has 0 nitrogen and oxygen atoms in total. The first-order chi connectivity index (χ1) is 8.67. The lowest BCUT2D eigenvalue weighted by molar-refractivity contribution is 0.179. The highest BCUT2D eigenvalue weighted by Crippen LogP contribution is 2.37. The van der Waals surface area contributed by atoms with E-state index in [1.807, 2.05) is 0 Å². The molecule has 0 aromatic rings. The molecular formula is C18H36. The summed E-state index contributed by atoms with van der Waals surface area (Å²) in [4.78, 5) is 0. The quantitative estimate of drug-likeness (QED) is 0.436. The van der Waals surface area contributed by atoms with Gasteiger partial charge in [0.1, 0.15) is 0 Å². The topological polar surface area (TPSA) is 0 Å². The van der Waals surface area contributed by atoms with Gasteiger partial charge in [-0.05, 0) is 36.5 Å². The van der Waals surface area contributed by atoms with Gasteiger partial charge in [-0.15, -0.1) is 0 Å². The highest BCUT2D eigenvalue weighted by molar-refractivity contribution is 4.77. The SMILES string of the molecule is CCC(C)CCCCCC1CCC(CC)C(C)C1. The van der Waals surface area contributed by atoms with Crippen molar-refractivity contribution < 1.29 is 0 Å². The second-order valence-corrected chi connectivity index (χ2v) is 6.98. The van der Waals surface area contributed by atoms with E-state index in [0.29, 0.717) is 0 Å². The standard InChI is InChI=1S/C18H36/c1-5-15(3)10-8-7-9-11-17-12-13-18(6-2)16(4)14-17/h15-18H,5-14H2,1-4H3. The molecule has 0 radical (unpaired) electrons. The summed E-state index contributed by atoms with van der Waals surface area (Å²) >= 11 is 0. The molecule has 0 spiro atoms. The van der Waals surface area contributed by atoms with Crippen molar-refractivity contribution in [1.82, 2.24) is 0 Å². The molecular weight excluding hydrogens is 216 g/mol. The van der Waals surface area contributed by atoms with E-state index in [4.69, 9.17) is 0 Å². The van der Waals surface area contributed by atoms with Gasteiger partial charge in [0.2, 0.25) is 0 Å². The van der Waals surface area contributed by atoms with Crippen LogP contribution in [0, 0.1) is 23.7 Å². The van der Waals surface area contributed by atoms with Gasteiger partial charge >= 0.3 is 0 Å². The molecule has 0 aliphatic heterocycles. The monoisotopic (exact) mass is 252 g/mol. The van der Waals surface area contributed by atoms with Crippen molar-refractivity contribution >= 4 is 0 Å². The molecule has 1 saturated carbocycles. The van der Waals surface area contributed by atoms with Gasteiger partial charge in [-0.3, -0.25) is 0 Å². The number of rotatable bonds is 8. The molecule has 0 amide bonds. The second-order valence-electron chi connectivity index (χ2n) is 6.98. The third kappa shape index (κ3) is 5.76. The first kappa shape index (κ1) is 16.1. The van der Waals surface area contributed by atoms with E-state index in [-0.39, 0.29) is 0 Å². The zero-order chi connectivity index (χ0) is 13.4. The minimum absolute atomic E-state index is 0.949. The van der Waals surface area contributed by atoms with Gasteiger partial charge in [0.25, 0.3) is 0 Å². The van der Waals surface area contributed by atoms with Crippen LogP contribution >= 0.6 is 0 Å². The molecule has 18 heavy (non-hydrogen) atoms. The lowest BCUT2D eigenvalue weighted by Gasteiger charge is -2.33. The van der Waals surface area contributed by atoms with Gasteiger partial charge in [0.15, 0.2) is 0 Å². The Labute approximate surface area is 116 Å². The summed E-state index contributed by atoms with van der Waals surface area (Å²) < 4.78 is 0. The van der Waals surface area contributed by atoms with Crippen molar-refractivity contribution in [2.24, 2.45) is 23.7 Å². The first-order valence-electron chi connectivity index (χ1n) is 8.67. The Morgan fingerprint density at radius 3 is 2.44 bits per heavy atom. The van der Waals surface area contributed by atoms with E-state index in [1.54, 1.807) is 0 Å². The van der Waals surface area contributed by atoms with Crippen LogP contribution in [0.3, 0.4) is 0 Å². The fourth-order valence-corrected chi connectivity index (χ4v) is 3.75. The molecule has 0 aromatic carbocycles. The molecule has 0 aromatic heterocycles. The second kappa shape index (κ2) is 8.99. The molecule has 0 heteroatoms. The average Bonchev–Trinajstić information content (AvgIpc) is 2.38. The van der Waals surface area contributed by atoms with Crippen LogP contribution in [-0.4, -0.2) is 0 Å². The van der Waals surface area contributed by atoms with E-state index >= 15 is 0 Å². The summed E-state index contributed by atoms with van der Waals surface area (Å²) in [7, 11) is 0. The Morgan fingerprint density at radius 1 is 1.06 bits per heavy atom. The van der Waals surface area contributed by atoms with Crippen LogP contribution in [0.1, 0.15) is 91.9 Å². The normalized spacial score (nSPS) is 30.3. The molecule has 1 rings (SSSR count). The van der Waals surface area contributed by atoms with Crippen LogP contribution < -0.4 is 0 Å². The van der Waals surface area contributed by atoms with Gasteiger partial charge < -0.3 is 0 Å². The number of hydrogen-bond donors (Lipinski definition) is 0. The minimum atomic E-state index is 0.949. The predicted octanol–water partition coefficient (Wildman–Crippen LogP) is 6.45. The largest absolute Gasteiger partial charge is 0.0651 e. The predicted molar refractivity (Wildman–Crippen MR) is 82.8 cm³/mol. The zero-order valence-electron chi connectivity index (χ0n) is 13.4. The summed E-state index contributed by atoms with van der Waals surface area (Å²) in [6, 6.07) is 0. The molecule has 0 heterocycles. The maximum absolute atomic E-state index is 2.49. The lowest BCUT2D eigenvalue weighted by atomic mass is 9.72. The van der Waals surface area contributed by atoms with Crippen molar-refractivity contribution in [3.63, 3.8) is 0 Å². The van der Waals surface area contributed by atoms with Crippen LogP contribution in [0.2, 0.25) is 0 Å². The fraction of sp³-hybridized carbons (Fsp3) is 1.00. The maximum Gasteiger partial charge on any atom is -0.0391 e. The van der Waals surface area contributed by atoms with Crippen molar-refractivity contribution in [2.45, 2.75) is 91.9 Å². The summed E-state index contributed by atoms with van der Waals surface area (Å²) in [5.41, 5.74) is 0. The Bertz CT molecular complexity index is 196. The average molecular weight is 252 g/mol. The maximum atomic E-state index is 2.49. The van der Waals surface area contributed by atoms with Crippen molar-refractivity contribution in [3.8, 4) is 0 Å². The Morgan fingerprint density at radius 2 is 1.83 bits per heavy atom. The molecule has 4 unspecified atom stereocenters. The molecule has 0 saturated heterocycles. The summed E-state index contributed by atoms with van der Waals surface area (Å²) in [5.74, 6) is 4.04. The van der Waals surface area contributed by atoms with E-state index in [9.17, 15) is 0 Å². The minimum Gasteiger partial charge on any atom is -0.0651 e. The lowest BCUT2D eigenvalue weighted by Crippen LogP contribution is -2.22. The molecule has 0 bridgehead atoms. The molecule has 4 atom stereocenters. The van der Waals surface area contributed by atoms with Crippen LogP contribution in [0.5, 0.6) is 0 Å². The van der Waals surface area contributed by atoms with Crippen LogP contribution in [-0.2, 0) is 0 Å². The molecule has 1 aliphatic rings. The first-order valence-corrected chi connectivity index (χ1v) is 8.67. The third-order valence-electron chi connectivity index (χ3n) is 5.49. The Hall–Kier alpha value is 0. The van der Waals surface area contributed by atoms with Crippen LogP contribution in [0.15, 0.2) is 0 Å². The van der Waals surface area contributed by atoms with Crippen LogP contribution in [0.25, 0.3) is 0 Å². The molecule has 1 fully saturated rings. The van der Waals surface area contributed by atoms with E-state index in [1.165, 1.54) is 64.2 Å². The fourth-order valence-electron chi connectivity index (χ4n) is 3.75. The smallest absolute Gasteiger partial charge is 0.0391 e. The summed E-state index contributed by atoms with van der Waals surface area (Å²) in [6.45, 7) is 9.57. The van der Waals surface area contributed by atoms with Crippen molar-refractivity contribution in [3.05, 3.63) is 0 Å². The molecule has 0 N–H and O–H groups in total. The van der Waals surface area contributed by atoms with Crippen LogP contribution in [0.4, 0.5) is 0 Å². The van der Waals surface area contributed by atoms with Crippen molar-refractivity contribution in [1.29, 1.82) is 0 Å². The van der Waals surface area contributed by atoms with E-state index in [2.05, 4.69) is 27.7 Å². The van der Waals surface area contributed by atoms with Gasteiger partial charge in [-0.25, -0.2) is 0 Å². The van der Waals surface area contributed by atoms with E-state index < -0.39 is 0 Å². The third-order valence-corrected chi connectivity index (χ3v) is 5.49. The zero-order valence-corrected chi connectivity index (χ0v) is 13.4. The summed E-state index contributed by atoms with van der Waals surface area (Å²) in [6.07, 6.45) is 14.7. The van der Waals surface area contributed by atoms with Gasteiger partial charge in [-0.2, -0.15) is 0 Å². The number of unbranched alkanes of at least 4 members (excludes halogenated alkanes) is 2. The van der Waals surface area contributed by atoms with Gasteiger partial charge in [0, 0.05) is 0 Å². The van der Waals surface area contributed by atoms with E-state index in [0.717, 1.165) is 23.7 Å². The molecule has 1 aliphatic carbocycles. The Kier molecular flexibility index (Phi) is 8.02. The van der Waals surface area contributed by atoms with Gasteiger partial charge in [0.05, 0.1) is 0 Å². The summed E-state index contributed by atoms with van der Waals surface area (Å²) in [5, 5.41) is 0. The number of hydrogen-bond acceptors (Lipinski definition) is 0. The Balaban J connectivity index is 2.03.